The van der Waals surface area contributed by atoms with E-state index in [0.29, 0.717) is 11.7 Å². The highest BCUT2D eigenvalue weighted by Gasteiger charge is 2.59. The van der Waals surface area contributed by atoms with Crippen LogP contribution in [0, 0.1) is 11.8 Å². The van der Waals surface area contributed by atoms with Crippen molar-refractivity contribution in [2.45, 2.75) is 24.8 Å². The lowest BCUT2D eigenvalue weighted by Crippen LogP contribution is -2.22. The molecule has 2 nitrogen and oxygen atoms in total. The maximum absolute atomic E-state index is 9.73. The van der Waals surface area contributed by atoms with Crippen molar-refractivity contribution in [1.82, 2.24) is 0 Å². The standard InChI is InChI=1S/C12H15NO/c13-12(7-10(12)8-5-6-8)9-3-1-2-4-11(9)14/h1-4,8,10,14H,5-7,13H2. The van der Waals surface area contributed by atoms with Crippen LogP contribution in [0.5, 0.6) is 5.75 Å². The number of phenols is 1. The molecule has 0 heterocycles. The number of nitrogens with two attached hydrogens (primary N) is 1. The van der Waals surface area contributed by atoms with Crippen LogP contribution in [0.2, 0.25) is 0 Å². The zero-order chi connectivity index (χ0) is 9.76. The van der Waals surface area contributed by atoms with Crippen LogP contribution < -0.4 is 5.73 Å². The van der Waals surface area contributed by atoms with E-state index >= 15 is 0 Å². The molecule has 14 heavy (non-hydrogen) atoms. The van der Waals surface area contributed by atoms with E-state index in [4.69, 9.17) is 5.73 Å². The third-order valence-electron chi connectivity index (χ3n) is 3.66. The Hall–Kier alpha value is -1.02. The molecule has 0 amide bonds. The molecule has 0 saturated heterocycles. The van der Waals surface area contributed by atoms with Crippen LogP contribution in [0.15, 0.2) is 24.3 Å². The molecule has 2 unspecified atom stereocenters. The first-order valence-electron chi connectivity index (χ1n) is 5.29. The van der Waals surface area contributed by atoms with Gasteiger partial charge in [0.1, 0.15) is 5.75 Å². The molecule has 2 atom stereocenters. The van der Waals surface area contributed by atoms with E-state index in [9.17, 15) is 5.11 Å². The molecule has 2 aliphatic carbocycles. The number of benzene rings is 1. The first-order chi connectivity index (χ1) is 6.72. The number of phenolic OH excluding ortho intramolecular Hbond substituents is 1. The fourth-order valence-electron chi connectivity index (χ4n) is 2.57. The summed E-state index contributed by atoms with van der Waals surface area (Å²) in [6.45, 7) is 0. The molecule has 0 spiro atoms. The molecule has 0 aromatic heterocycles. The zero-order valence-corrected chi connectivity index (χ0v) is 8.11. The Bertz CT molecular complexity index is 372. The van der Waals surface area contributed by atoms with Gasteiger partial charge in [0.25, 0.3) is 0 Å². The average Bonchev–Trinajstić information content (AvgIpc) is 3.00. The topological polar surface area (TPSA) is 46.2 Å². The van der Waals surface area contributed by atoms with E-state index in [2.05, 4.69) is 0 Å². The lowest BCUT2D eigenvalue weighted by atomic mass is 10.0. The molecule has 0 radical (unpaired) electrons. The van der Waals surface area contributed by atoms with Crippen molar-refractivity contribution in [2.75, 3.05) is 0 Å². The Morgan fingerprint density at radius 3 is 2.64 bits per heavy atom. The van der Waals surface area contributed by atoms with Crippen molar-refractivity contribution in [3.63, 3.8) is 0 Å². The molecule has 1 aromatic carbocycles. The highest BCUT2D eigenvalue weighted by Crippen LogP contribution is 2.61. The van der Waals surface area contributed by atoms with Gasteiger partial charge in [-0.3, -0.25) is 0 Å². The summed E-state index contributed by atoms with van der Waals surface area (Å²) in [5, 5.41) is 9.73. The first kappa shape index (κ1) is 8.30. The van der Waals surface area contributed by atoms with Crippen molar-refractivity contribution in [3.8, 4) is 5.75 Å². The lowest BCUT2D eigenvalue weighted by molar-refractivity contribution is 0.451. The van der Waals surface area contributed by atoms with Crippen LogP contribution >= 0.6 is 0 Å². The first-order valence-corrected chi connectivity index (χ1v) is 5.29. The van der Waals surface area contributed by atoms with Crippen molar-refractivity contribution < 1.29 is 5.11 Å². The van der Waals surface area contributed by atoms with Crippen LogP contribution in [0.4, 0.5) is 0 Å². The van der Waals surface area contributed by atoms with Crippen LogP contribution in [-0.2, 0) is 5.54 Å². The number of hydrogen-bond donors (Lipinski definition) is 2. The molecule has 3 rings (SSSR count). The van der Waals surface area contributed by atoms with Crippen LogP contribution in [-0.4, -0.2) is 5.11 Å². The summed E-state index contributed by atoms with van der Waals surface area (Å²) in [4.78, 5) is 0. The number of hydrogen-bond acceptors (Lipinski definition) is 2. The Morgan fingerprint density at radius 1 is 1.29 bits per heavy atom. The van der Waals surface area contributed by atoms with E-state index in [1.54, 1.807) is 6.07 Å². The molecule has 3 N–H and O–H groups in total. The van der Waals surface area contributed by atoms with E-state index in [1.807, 2.05) is 18.2 Å². The highest BCUT2D eigenvalue weighted by molar-refractivity contribution is 5.43. The second-order valence-electron chi connectivity index (χ2n) is 4.71. The molecular weight excluding hydrogens is 174 g/mol. The van der Waals surface area contributed by atoms with Crippen molar-refractivity contribution in [2.24, 2.45) is 17.6 Å². The van der Waals surface area contributed by atoms with E-state index < -0.39 is 0 Å². The average molecular weight is 189 g/mol. The SMILES string of the molecule is NC1(c2ccccc2O)CC1C1CC1. The Kier molecular flexibility index (Phi) is 1.49. The molecule has 1 aromatic rings. The number of para-hydroxylation sites is 1. The Morgan fingerprint density at radius 2 is 2.00 bits per heavy atom. The van der Waals surface area contributed by atoms with Gasteiger partial charge in [-0.1, -0.05) is 18.2 Å². The van der Waals surface area contributed by atoms with Crippen molar-refractivity contribution in [3.05, 3.63) is 29.8 Å². The fourth-order valence-corrected chi connectivity index (χ4v) is 2.57. The third kappa shape index (κ3) is 1.07. The summed E-state index contributed by atoms with van der Waals surface area (Å²) in [5.74, 6) is 1.81. The van der Waals surface area contributed by atoms with Crippen LogP contribution in [0.1, 0.15) is 24.8 Å². The van der Waals surface area contributed by atoms with Gasteiger partial charge in [-0.25, -0.2) is 0 Å². The molecule has 2 saturated carbocycles. The fraction of sp³-hybridized carbons (Fsp3) is 0.500. The van der Waals surface area contributed by atoms with Gasteiger partial charge < -0.3 is 10.8 Å². The molecular formula is C12H15NO. The summed E-state index contributed by atoms with van der Waals surface area (Å²) in [5.41, 5.74) is 7.02. The predicted octanol–water partition coefficient (Wildman–Crippen LogP) is 1.98. The zero-order valence-electron chi connectivity index (χ0n) is 8.11. The van der Waals surface area contributed by atoms with E-state index in [0.717, 1.165) is 17.9 Å². The van der Waals surface area contributed by atoms with Gasteiger partial charge in [-0.05, 0) is 37.2 Å². The van der Waals surface area contributed by atoms with Crippen LogP contribution in [0.25, 0.3) is 0 Å². The van der Waals surface area contributed by atoms with Gasteiger partial charge in [-0.2, -0.15) is 0 Å². The van der Waals surface area contributed by atoms with Crippen LogP contribution in [0.3, 0.4) is 0 Å². The van der Waals surface area contributed by atoms with Gasteiger partial charge in [0, 0.05) is 11.1 Å². The normalized spacial score (nSPS) is 35.6. The van der Waals surface area contributed by atoms with Crippen molar-refractivity contribution >= 4 is 0 Å². The monoisotopic (exact) mass is 189 g/mol. The molecule has 2 fully saturated rings. The van der Waals surface area contributed by atoms with Gasteiger partial charge in [0.05, 0.1) is 0 Å². The minimum atomic E-state index is -0.216. The van der Waals surface area contributed by atoms with E-state index in [1.165, 1.54) is 12.8 Å². The quantitative estimate of drug-likeness (QED) is 0.747. The highest BCUT2D eigenvalue weighted by atomic mass is 16.3. The molecule has 0 bridgehead atoms. The van der Waals surface area contributed by atoms with Gasteiger partial charge in [0.15, 0.2) is 0 Å². The van der Waals surface area contributed by atoms with Gasteiger partial charge in [-0.15, -0.1) is 0 Å². The largest absolute Gasteiger partial charge is 0.508 e. The second kappa shape index (κ2) is 2.51. The maximum atomic E-state index is 9.73. The number of rotatable bonds is 2. The third-order valence-corrected chi connectivity index (χ3v) is 3.66. The second-order valence-corrected chi connectivity index (χ2v) is 4.71. The summed E-state index contributed by atoms with van der Waals surface area (Å²) in [7, 11) is 0. The predicted molar refractivity (Wildman–Crippen MR) is 54.8 cm³/mol. The minimum Gasteiger partial charge on any atom is -0.508 e. The minimum absolute atomic E-state index is 0.216. The lowest BCUT2D eigenvalue weighted by Gasteiger charge is -2.13. The molecule has 2 aliphatic rings. The molecule has 2 heteroatoms. The Balaban J connectivity index is 1.92. The summed E-state index contributed by atoms with van der Waals surface area (Å²) < 4.78 is 0. The molecule has 74 valence electrons. The molecule has 0 aliphatic heterocycles. The number of aromatic hydroxyl groups is 1. The van der Waals surface area contributed by atoms with E-state index in [-0.39, 0.29) is 5.54 Å². The van der Waals surface area contributed by atoms with Gasteiger partial charge in [0.2, 0.25) is 0 Å². The summed E-state index contributed by atoms with van der Waals surface area (Å²) in [6, 6.07) is 7.48. The smallest absolute Gasteiger partial charge is 0.120 e. The van der Waals surface area contributed by atoms with Crippen molar-refractivity contribution in [1.29, 1.82) is 0 Å². The summed E-state index contributed by atoms with van der Waals surface area (Å²) in [6.07, 6.45) is 3.71. The summed E-state index contributed by atoms with van der Waals surface area (Å²) >= 11 is 0. The maximum Gasteiger partial charge on any atom is 0.120 e. The Labute approximate surface area is 83.7 Å². The van der Waals surface area contributed by atoms with Gasteiger partial charge >= 0.3 is 0 Å².